The number of nitrogens with one attached hydrogen (secondary N) is 1. The van der Waals surface area contributed by atoms with E-state index >= 15 is 0 Å². The minimum atomic E-state index is -3.77. The molecule has 0 unspecified atom stereocenters. The van der Waals surface area contributed by atoms with E-state index in [4.69, 9.17) is 18.9 Å². The Hall–Kier alpha value is -2.58. The Morgan fingerprint density at radius 3 is 2.14 bits per heavy atom. The van der Waals surface area contributed by atoms with E-state index in [0.29, 0.717) is 42.6 Å². The molecule has 0 radical (unpaired) electrons. The molecule has 0 saturated carbocycles. The third-order valence-corrected chi connectivity index (χ3v) is 9.87. The summed E-state index contributed by atoms with van der Waals surface area (Å²) >= 11 is 0. The topological polar surface area (TPSA) is 124 Å². The quantitative estimate of drug-likeness (QED) is 0.466. The molecule has 0 aromatic heterocycles. The molecular weight excluding hydrogens is 522 g/mol. The summed E-state index contributed by atoms with van der Waals surface area (Å²) in [5.74, 6) is 1.28. The van der Waals surface area contributed by atoms with Crippen LogP contribution in [-0.2, 0) is 24.8 Å². The first-order valence-electron chi connectivity index (χ1n) is 12.0. The molecule has 13 heteroatoms. The van der Waals surface area contributed by atoms with E-state index in [1.165, 1.54) is 43.8 Å². The molecule has 2 heterocycles. The molecule has 0 aliphatic carbocycles. The number of hydrogen-bond acceptors (Lipinski definition) is 9. The van der Waals surface area contributed by atoms with Gasteiger partial charge in [0.15, 0.2) is 11.5 Å². The van der Waals surface area contributed by atoms with Crippen LogP contribution in [0.15, 0.2) is 46.2 Å². The average Bonchev–Trinajstić information content (AvgIpc) is 3.45. The van der Waals surface area contributed by atoms with Gasteiger partial charge in [-0.2, -0.15) is 4.31 Å². The summed E-state index contributed by atoms with van der Waals surface area (Å²) < 4.78 is 77.9. The number of rotatable bonds is 10. The fourth-order valence-corrected chi connectivity index (χ4v) is 6.99. The van der Waals surface area contributed by atoms with Crippen LogP contribution in [0.2, 0.25) is 0 Å². The average molecular weight is 556 g/mol. The molecule has 2 fully saturated rings. The predicted molar refractivity (Wildman–Crippen MR) is 138 cm³/mol. The Morgan fingerprint density at radius 2 is 1.51 bits per heavy atom. The number of ether oxygens (including phenoxy) is 4. The molecule has 1 N–H and O–H groups in total. The van der Waals surface area contributed by atoms with E-state index in [-0.39, 0.29) is 35.5 Å². The zero-order valence-electron chi connectivity index (χ0n) is 21.2. The van der Waals surface area contributed by atoms with Crippen molar-refractivity contribution in [2.24, 2.45) is 0 Å². The minimum absolute atomic E-state index is 0.113. The molecule has 2 aliphatic heterocycles. The van der Waals surface area contributed by atoms with Crippen molar-refractivity contribution in [2.75, 3.05) is 65.6 Å². The maximum Gasteiger partial charge on any atom is 0.243 e. The highest BCUT2D eigenvalue weighted by atomic mass is 32.2. The van der Waals surface area contributed by atoms with Gasteiger partial charge in [-0.05, 0) is 43.2 Å². The van der Waals surface area contributed by atoms with Gasteiger partial charge in [-0.1, -0.05) is 0 Å². The molecule has 2 aliphatic rings. The van der Waals surface area contributed by atoms with E-state index < -0.39 is 20.0 Å². The number of benzene rings is 2. The second-order valence-corrected chi connectivity index (χ2v) is 12.4. The lowest BCUT2D eigenvalue weighted by Gasteiger charge is -2.36. The normalized spacial score (nSPS) is 19.1. The van der Waals surface area contributed by atoms with Crippen molar-refractivity contribution < 1.29 is 35.8 Å². The van der Waals surface area contributed by atoms with Gasteiger partial charge in [-0.25, -0.2) is 21.6 Å². The zero-order valence-corrected chi connectivity index (χ0v) is 22.8. The van der Waals surface area contributed by atoms with Crippen LogP contribution in [-0.4, -0.2) is 87.9 Å². The minimum Gasteiger partial charge on any atom is -0.495 e. The molecule has 0 amide bonds. The highest BCUT2D eigenvalue weighted by molar-refractivity contribution is 7.89. The molecule has 4 rings (SSSR count). The van der Waals surface area contributed by atoms with Crippen molar-refractivity contribution in [3.05, 3.63) is 36.4 Å². The maximum absolute atomic E-state index is 13.3. The van der Waals surface area contributed by atoms with Gasteiger partial charge in [-0.3, -0.25) is 0 Å². The highest BCUT2D eigenvalue weighted by Gasteiger charge is 2.31. The first-order chi connectivity index (χ1) is 17.7. The second kappa shape index (κ2) is 11.4. The summed E-state index contributed by atoms with van der Waals surface area (Å²) in [5.41, 5.74) is 0.589. The maximum atomic E-state index is 13.3. The summed E-state index contributed by atoms with van der Waals surface area (Å²) in [7, 11) is -3.07. The Morgan fingerprint density at radius 1 is 0.865 bits per heavy atom. The number of anilines is 1. The number of hydrogen-bond donors (Lipinski definition) is 1. The lowest BCUT2D eigenvalue weighted by molar-refractivity contribution is 0.114. The van der Waals surface area contributed by atoms with Gasteiger partial charge in [0, 0.05) is 45.4 Å². The van der Waals surface area contributed by atoms with Crippen molar-refractivity contribution in [3.63, 3.8) is 0 Å². The molecule has 2 aromatic rings. The predicted octanol–water partition coefficient (Wildman–Crippen LogP) is 1.68. The van der Waals surface area contributed by atoms with Crippen LogP contribution in [0.4, 0.5) is 5.69 Å². The fourth-order valence-electron chi connectivity index (χ4n) is 4.47. The number of nitrogens with zero attached hydrogens (tertiary/aromatic N) is 2. The molecular formula is C24H33N3O8S2. The molecule has 0 bridgehead atoms. The smallest absolute Gasteiger partial charge is 0.243 e. The lowest BCUT2D eigenvalue weighted by Crippen LogP contribution is -2.48. The molecule has 1 atom stereocenters. The largest absolute Gasteiger partial charge is 0.495 e. The van der Waals surface area contributed by atoms with Crippen molar-refractivity contribution >= 4 is 25.7 Å². The van der Waals surface area contributed by atoms with E-state index in [1.54, 1.807) is 18.2 Å². The van der Waals surface area contributed by atoms with Crippen LogP contribution in [0.5, 0.6) is 17.2 Å². The first-order valence-corrected chi connectivity index (χ1v) is 14.9. The molecule has 0 spiro atoms. The summed E-state index contributed by atoms with van der Waals surface area (Å²) in [4.78, 5) is 2.15. The third-order valence-electron chi connectivity index (χ3n) is 6.56. The number of piperazine rings is 1. The summed E-state index contributed by atoms with van der Waals surface area (Å²) in [5, 5.41) is 0. The van der Waals surface area contributed by atoms with Crippen molar-refractivity contribution in [2.45, 2.75) is 28.7 Å². The molecule has 37 heavy (non-hydrogen) atoms. The van der Waals surface area contributed by atoms with Crippen LogP contribution >= 0.6 is 0 Å². The summed E-state index contributed by atoms with van der Waals surface area (Å²) in [6.45, 7) is 2.01. The molecule has 11 nitrogen and oxygen atoms in total. The first kappa shape index (κ1) is 27.5. The van der Waals surface area contributed by atoms with Gasteiger partial charge < -0.3 is 23.8 Å². The van der Waals surface area contributed by atoms with Crippen molar-refractivity contribution in [3.8, 4) is 17.2 Å². The summed E-state index contributed by atoms with van der Waals surface area (Å²) in [6, 6.07) is 9.17. The Bertz CT molecular complexity index is 1300. The van der Waals surface area contributed by atoms with Crippen LogP contribution in [0.1, 0.15) is 12.8 Å². The van der Waals surface area contributed by atoms with E-state index in [2.05, 4.69) is 4.72 Å². The van der Waals surface area contributed by atoms with Gasteiger partial charge >= 0.3 is 0 Å². The monoisotopic (exact) mass is 555 g/mol. The second-order valence-electron chi connectivity index (χ2n) is 8.73. The molecule has 2 aromatic carbocycles. The van der Waals surface area contributed by atoms with Gasteiger partial charge in [0.1, 0.15) is 5.75 Å². The van der Waals surface area contributed by atoms with E-state index in [1.807, 2.05) is 4.90 Å². The highest BCUT2D eigenvalue weighted by Crippen LogP contribution is 2.34. The fraction of sp³-hybridized carbons (Fsp3) is 0.500. The molecule has 2 saturated heterocycles. The SMILES string of the molecule is COc1ccc(S(=O)(=O)N2CCN(c3cc(S(=O)(=O)NC[C@@H]4CCCO4)ccc3OC)CC2)cc1OC. The Balaban J connectivity index is 1.49. The number of methoxy groups -OCH3 is 3. The summed E-state index contributed by atoms with van der Waals surface area (Å²) in [6.07, 6.45) is 1.63. The third kappa shape index (κ3) is 5.96. The van der Waals surface area contributed by atoms with Crippen LogP contribution in [0, 0.1) is 0 Å². The Kier molecular flexibility index (Phi) is 8.49. The number of sulfonamides is 2. The molecule has 204 valence electrons. The van der Waals surface area contributed by atoms with Crippen molar-refractivity contribution in [1.82, 2.24) is 9.03 Å². The van der Waals surface area contributed by atoms with Crippen molar-refractivity contribution in [1.29, 1.82) is 0 Å². The van der Waals surface area contributed by atoms with Crippen LogP contribution in [0.25, 0.3) is 0 Å². The van der Waals surface area contributed by atoms with Crippen LogP contribution in [0.3, 0.4) is 0 Å². The lowest BCUT2D eigenvalue weighted by atomic mass is 10.2. The van der Waals surface area contributed by atoms with Gasteiger partial charge in [0.25, 0.3) is 0 Å². The van der Waals surface area contributed by atoms with Gasteiger partial charge in [0.05, 0.1) is 42.9 Å². The van der Waals surface area contributed by atoms with E-state index in [0.717, 1.165) is 12.8 Å². The van der Waals surface area contributed by atoms with Crippen LogP contribution < -0.4 is 23.8 Å². The van der Waals surface area contributed by atoms with Gasteiger partial charge in [0.2, 0.25) is 20.0 Å². The zero-order chi connectivity index (χ0) is 26.6. The van der Waals surface area contributed by atoms with E-state index in [9.17, 15) is 16.8 Å². The standard InChI is InChI=1S/C24H33N3O8S2/c1-32-22-8-6-19(36(28,29)25-17-18-5-4-14-35-18)15-21(22)26-10-12-27(13-11-26)37(30,31)20-7-9-23(33-2)24(16-20)34-3/h6-9,15-16,18,25H,4-5,10-14,17H2,1-3H3/t18-/m0/s1. The van der Waals surface area contributed by atoms with Gasteiger partial charge in [-0.15, -0.1) is 0 Å². The Labute approximate surface area is 218 Å².